The van der Waals surface area contributed by atoms with Crippen LogP contribution in [-0.2, 0) is 4.79 Å². The third-order valence-electron chi connectivity index (χ3n) is 6.60. The average molecular weight is 405 g/mol. The van der Waals surface area contributed by atoms with Crippen molar-refractivity contribution < 1.29 is 19.0 Å². The number of ether oxygens (including phenoxy) is 3. The van der Waals surface area contributed by atoms with Gasteiger partial charge in [-0.2, -0.15) is 5.10 Å². The highest BCUT2D eigenvalue weighted by Gasteiger charge is 2.52. The van der Waals surface area contributed by atoms with Gasteiger partial charge in [0.05, 0.1) is 11.8 Å². The van der Waals surface area contributed by atoms with Crippen LogP contribution in [0.1, 0.15) is 43.4 Å². The number of fused-ring (bicyclic) bond motifs is 5. The van der Waals surface area contributed by atoms with Gasteiger partial charge in [0.15, 0.2) is 11.5 Å². The maximum Gasteiger partial charge on any atom is 0.231 e. The fraction of sp³-hybridized carbons (Fsp3) is 0.391. The quantitative estimate of drug-likeness (QED) is 0.729. The minimum atomic E-state index is -0.525. The number of rotatable bonds is 1. The predicted molar refractivity (Wildman–Crippen MR) is 110 cm³/mol. The van der Waals surface area contributed by atoms with E-state index in [0.717, 1.165) is 53.3 Å². The largest absolute Gasteiger partial charge is 0.466 e. The zero-order chi connectivity index (χ0) is 20.3. The maximum atomic E-state index is 11.8. The summed E-state index contributed by atoms with van der Waals surface area (Å²) in [5.74, 6) is 2.58. The van der Waals surface area contributed by atoms with E-state index in [4.69, 9.17) is 19.3 Å². The molecule has 1 unspecified atom stereocenters. The molecule has 0 radical (unpaired) electrons. The molecule has 154 valence electrons. The Labute approximate surface area is 174 Å². The van der Waals surface area contributed by atoms with Crippen LogP contribution in [0, 0.1) is 0 Å². The molecule has 2 aromatic carbocycles. The molecule has 1 saturated heterocycles. The van der Waals surface area contributed by atoms with E-state index in [2.05, 4.69) is 17.1 Å². The van der Waals surface area contributed by atoms with Crippen LogP contribution in [0.4, 0.5) is 0 Å². The molecule has 0 aliphatic carbocycles. The average Bonchev–Trinajstić information content (AvgIpc) is 3.41. The van der Waals surface area contributed by atoms with Gasteiger partial charge >= 0.3 is 0 Å². The Balaban J connectivity index is 1.39. The topological polar surface area (TPSA) is 63.6 Å². The van der Waals surface area contributed by atoms with Crippen molar-refractivity contribution in [3.63, 3.8) is 0 Å². The Hall–Kier alpha value is -3.22. The second-order valence-electron chi connectivity index (χ2n) is 8.27. The number of carbonyl (C=O) groups is 1. The lowest BCUT2D eigenvalue weighted by atomic mass is 9.90. The summed E-state index contributed by atoms with van der Waals surface area (Å²) in [5.41, 5.74) is 2.70. The Bertz CT molecular complexity index is 1060. The molecule has 2 aromatic rings. The number of carbonyl (C=O) groups excluding carboxylic acids is 1. The molecule has 4 aliphatic rings. The first-order valence-corrected chi connectivity index (χ1v) is 10.4. The SMILES string of the molecule is CC(=O)N1CCC2(CC1)Oc1ccccc1C1CC(c3ccc4c(c3)OCO4)=NN12. The van der Waals surface area contributed by atoms with Crippen molar-refractivity contribution >= 4 is 11.6 Å². The summed E-state index contributed by atoms with van der Waals surface area (Å²) >= 11 is 0. The van der Waals surface area contributed by atoms with Crippen LogP contribution in [0.25, 0.3) is 0 Å². The van der Waals surface area contributed by atoms with Crippen molar-refractivity contribution in [2.45, 2.75) is 38.0 Å². The third kappa shape index (κ3) is 2.57. The lowest BCUT2D eigenvalue weighted by molar-refractivity contribution is -0.158. The Morgan fingerprint density at radius 1 is 1.07 bits per heavy atom. The molecule has 6 rings (SSSR count). The molecule has 1 amide bonds. The van der Waals surface area contributed by atoms with E-state index in [-0.39, 0.29) is 18.7 Å². The summed E-state index contributed by atoms with van der Waals surface area (Å²) in [6.45, 7) is 3.24. The van der Waals surface area contributed by atoms with Crippen LogP contribution in [0.2, 0.25) is 0 Å². The standard InChI is InChI=1S/C23H23N3O4/c1-15(27)25-10-8-23(9-11-25)26-19(17-4-2-3-5-20(17)30-23)13-18(24-26)16-6-7-21-22(12-16)29-14-28-21/h2-7,12,19H,8-11,13-14H2,1H3. The summed E-state index contributed by atoms with van der Waals surface area (Å²) in [6.07, 6.45) is 2.27. The monoisotopic (exact) mass is 405 g/mol. The van der Waals surface area contributed by atoms with Gasteiger partial charge in [-0.25, -0.2) is 5.01 Å². The number of amides is 1. The van der Waals surface area contributed by atoms with Crippen LogP contribution >= 0.6 is 0 Å². The first-order valence-electron chi connectivity index (χ1n) is 10.4. The molecule has 30 heavy (non-hydrogen) atoms. The third-order valence-corrected chi connectivity index (χ3v) is 6.60. The molecule has 0 aromatic heterocycles. The van der Waals surface area contributed by atoms with Gasteiger partial charge in [0.2, 0.25) is 18.4 Å². The van der Waals surface area contributed by atoms with E-state index in [1.54, 1.807) is 6.92 Å². The van der Waals surface area contributed by atoms with Gasteiger partial charge in [-0.1, -0.05) is 18.2 Å². The van der Waals surface area contributed by atoms with Crippen LogP contribution in [0.3, 0.4) is 0 Å². The number of nitrogens with zero attached hydrogens (tertiary/aromatic N) is 3. The molecule has 0 N–H and O–H groups in total. The minimum Gasteiger partial charge on any atom is -0.466 e. The maximum absolute atomic E-state index is 11.8. The summed E-state index contributed by atoms with van der Waals surface area (Å²) < 4.78 is 17.6. The summed E-state index contributed by atoms with van der Waals surface area (Å²) in [5, 5.41) is 7.24. The highest BCUT2D eigenvalue weighted by molar-refractivity contribution is 6.02. The highest BCUT2D eigenvalue weighted by Crippen LogP contribution is 2.50. The minimum absolute atomic E-state index is 0.114. The lowest BCUT2D eigenvalue weighted by Crippen LogP contribution is -2.59. The van der Waals surface area contributed by atoms with Gasteiger partial charge in [-0.3, -0.25) is 4.79 Å². The number of hydrogen-bond acceptors (Lipinski definition) is 6. The first kappa shape index (κ1) is 17.6. The van der Waals surface area contributed by atoms with Crippen LogP contribution in [-0.4, -0.2) is 47.1 Å². The van der Waals surface area contributed by atoms with Gasteiger partial charge in [-0.15, -0.1) is 0 Å². The van der Waals surface area contributed by atoms with Crippen molar-refractivity contribution in [2.75, 3.05) is 19.9 Å². The van der Waals surface area contributed by atoms with Crippen molar-refractivity contribution in [3.05, 3.63) is 53.6 Å². The van der Waals surface area contributed by atoms with E-state index >= 15 is 0 Å². The Morgan fingerprint density at radius 2 is 1.87 bits per heavy atom. The molecule has 1 spiro atoms. The Morgan fingerprint density at radius 3 is 2.70 bits per heavy atom. The molecule has 7 heteroatoms. The second-order valence-corrected chi connectivity index (χ2v) is 8.27. The number of para-hydroxylation sites is 1. The van der Waals surface area contributed by atoms with E-state index in [0.29, 0.717) is 13.1 Å². The van der Waals surface area contributed by atoms with Gasteiger partial charge < -0.3 is 19.1 Å². The van der Waals surface area contributed by atoms with Crippen LogP contribution in [0.15, 0.2) is 47.6 Å². The van der Waals surface area contributed by atoms with Crippen molar-refractivity contribution in [1.29, 1.82) is 0 Å². The predicted octanol–water partition coefficient (Wildman–Crippen LogP) is 3.30. The Kier molecular flexibility index (Phi) is 3.75. The van der Waals surface area contributed by atoms with Gasteiger partial charge in [-0.05, 0) is 24.3 Å². The van der Waals surface area contributed by atoms with E-state index in [1.807, 2.05) is 35.2 Å². The molecule has 1 fully saturated rings. The molecule has 1 atom stereocenters. The summed E-state index contributed by atoms with van der Waals surface area (Å²) in [4.78, 5) is 13.7. The number of hydrazone groups is 1. The number of likely N-dealkylation sites (tertiary alicyclic amines) is 1. The van der Waals surface area contributed by atoms with Gasteiger partial charge in [0.1, 0.15) is 5.75 Å². The molecular formula is C23H23N3O4. The number of benzene rings is 2. The molecule has 7 nitrogen and oxygen atoms in total. The molecule has 4 aliphatic heterocycles. The zero-order valence-corrected chi connectivity index (χ0v) is 16.8. The summed E-state index contributed by atoms with van der Waals surface area (Å²) in [6, 6.07) is 14.4. The molecular weight excluding hydrogens is 382 g/mol. The number of piperidine rings is 1. The number of hydrogen-bond donors (Lipinski definition) is 0. The van der Waals surface area contributed by atoms with E-state index < -0.39 is 5.72 Å². The van der Waals surface area contributed by atoms with Crippen LogP contribution in [0.5, 0.6) is 17.2 Å². The fourth-order valence-electron chi connectivity index (χ4n) is 4.98. The zero-order valence-electron chi connectivity index (χ0n) is 16.8. The molecule has 0 saturated carbocycles. The first-order chi connectivity index (χ1) is 14.6. The molecule has 0 bridgehead atoms. The molecule has 4 heterocycles. The second kappa shape index (κ2) is 6.39. The fourth-order valence-corrected chi connectivity index (χ4v) is 4.98. The van der Waals surface area contributed by atoms with Crippen molar-refractivity contribution in [2.24, 2.45) is 5.10 Å². The normalized spacial score (nSPS) is 23.0. The van der Waals surface area contributed by atoms with Gasteiger partial charge in [0.25, 0.3) is 0 Å². The van der Waals surface area contributed by atoms with Crippen LogP contribution < -0.4 is 14.2 Å². The lowest BCUT2D eigenvalue weighted by Gasteiger charge is -2.51. The highest BCUT2D eigenvalue weighted by atomic mass is 16.7. The van der Waals surface area contributed by atoms with Crippen molar-refractivity contribution in [3.8, 4) is 17.2 Å². The van der Waals surface area contributed by atoms with E-state index in [1.165, 1.54) is 0 Å². The van der Waals surface area contributed by atoms with Gasteiger partial charge in [0, 0.05) is 50.4 Å². The van der Waals surface area contributed by atoms with Crippen molar-refractivity contribution in [1.82, 2.24) is 9.91 Å². The smallest absolute Gasteiger partial charge is 0.231 e. The summed E-state index contributed by atoms with van der Waals surface area (Å²) in [7, 11) is 0. The van der Waals surface area contributed by atoms with E-state index in [9.17, 15) is 4.79 Å².